The number of carbonyl (C=O) groups excluding carboxylic acids is 1. The van der Waals surface area contributed by atoms with E-state index >= 15 is 0 Å². The van der Waals surface area contributed by atoms with Crippen molar-refractivity contribution in [1.29, 1.82) is 0 Å². The topological polar surface area (TPSA) is 124 Å². The van der Waals surface area contributed by atoms with Gasteiger partial charge in [0, 0.05) is 26.1 Å². The van der Waals surface area contributed by atoms with Crippen molar-refractivity contribution < 1.29 is 17.6 Å². The first kappa shape index (κ1) is 21.1. The van der Waals surface area contributed by atoms with Gasteiger partial charge in [-0.05, 0) is 36.4 Å². The Morgan fingerprint density at radius 2 is 2.03 bits per heavy atom. The first-order chi connectivity index (χ1) is 14.4. The van der Waals surface area contributed by atoms with Crippen LogP contribution in [0.1, 0.15) is 25.0 Å². The van der Waals surface area contributed by atoms with Crippen molar-refractivity contribution in [3.63, 3.8) is 0 Å². The molecule has 160 valence electrons. The van der Waals surface area contributed by atoms with Crippen LogP contribution in [0.15, 0.2) is 44.3 Å². The number of carbonyl (C=O) groups is 1. The normalized spacial score (nSPS) is 15.1. The molecule has 1 aliphatic rings. The first-order valence-corrected chi connectivity index (χ1v) is 12.7. The highest BCUT2D eigenvalue weighted by Crippen LogP contribution is 2.30. The zero-order valence-electron chi connectivity index (χ0n) is 16.1. The number of primary amides is 1. The van der Waals surface area contributed by atoms with E-state index in [1.54, 1.807) is 6.07 Å². The zero-order valence-corrected chi connectivity index (χ0v) is 18.5. The maximum atomic E-state index is 12.6. The van der Waals surface area contributed by atoms with Crippen molar-refractivity contribution >= 4 is 39.0 Å². The summed E-state index contributed by atoms with van der Waals surface area (Å²) in [6.07, 6.45) is 1.91. The highest BCUT2D eigenvalue weighted by Gasteiger charge is 2.30. The maximum Gasteiger partial charge on any atom is 0.276 e. The molecule has 0 bridgehead atoms. The lowest BCUT2D eigenvalue weighted by molar-refractivity contribution is -0.118. The smallest absolute Gasteiger partial charge is 0.276 e. The second-order valence-electron chi connectivity index (χ2n) is 6.77. The molecule has 0 unspecified atom stereocenters. The predicted octanol–water partition coefficient (Wildman–Crippen LogP) is 2.55. The van der Waals surface area contributed by atoms with Crippen LogP contribution >= 0.6 is 23.1 Å². The quantitative estimate of drug-likeness (QED) is 0.480. The van der Waals surface area contributed by atoms with E-state index in [9.17, 15) is 13.2 Å². The van der Waals surface area contributed by atoms with E-state index in [0.717, 1.165) is 17.7 Å². The van der Waals surface area contributed by atoms with Crippen LogP contribution in [0, 0.1) is 0 Å². The molecule has 0 aromatic carbocycles. The summed E-state index contributed by atoms with van der Waals surface area (Å²) in [5.74, 6) is 1.18. The zero-order chi connectivity index (χ0) is 21.1. The number of furan rings is 1. The van der Waals surface area contributed by atoms with E-state index in [1.807, 2.05) is 22.1 Å². The van der Waals surface area contributed by atoms with Crippen LogP contribution in [-0.4, -0.2) is 46.5 Å². The van der Waals surface area contributed by atoms with E-state index in [1.165, 1.54) is 33.5 Å². The summed E-state index contributed by atoms with van der Waals surface area (Å²) in [6, 6.07) is 7.02. The van der Waals surface area contributed by atoms with Gasteiger partial charge in [0.1, 0.15) is 5.76 Å². The van der Waals surface area contributed by atoms with Gasteiger partial charge >= 0.3 is 0 Å². The van der Waals surface area contributed by atoms with Crippen LogP contribution in [0.25, 0.3) is 10.7 Å². The minimum atomic E-state index is -3.58. The Balaban J connectivity index is 1.50. The van der Waals surface area contributed by atoms with Gasteiger partial charge in [-0.2, -0.15) is 4.31 Å². The molecule has 30 heavy (non-hydrogen) atoms. The van der Waals surface area contributed by atoms with Gasteiger partial charge in [-0.25, -0.2) is 8.42 Å². The third-order valence-corrected chi connectivity index (χ3v) is 8.31. The number of rotatable bonds is 9. The van der Waals surface area contributed by atoms with Crippen molar-refractivity contribution in [2.75, 3.05) is 13.1 Å². The summed E-state index contributed by atoms with van der Waals surface area (Å²) in [6.45, 7) is 1.42. The van der Waals surface area contributed by atoms with E-state index in [0.29, 0.717) is 42.1 Å². The molecule has 12 heteroatoms. The van der Waals surface area contributed by atoms with Gasteiger partial charge in [-0.15, -0.1) is 21.5 Å². The number of thiophene rings is 1. The van der Waals surface area contributed by atoms with Crippen LogP contribution in [0.4, 0.5) is 0 Å². The van der Waals surface area contributed by atoms with Crippen molar-refractivity contribution in [2.24, 2.45) is 5.73 Å². The summed E-state index contributed by atoms with van der Waals surface area (Å²) in [5, 5.41) is 11.0. The molecule has 1 aliphatic heterocycles. The van der Waals surface area contributed by atoms with Gasteiger partial charge in [0.15, 0.2) is 11.0 Å². The Labute approximate surface area is 182 Å². The van der Waals surface area contributed by atoms with E-state index in [4.69, 9.17) is 10.2 Å². The minimum Gasteiger partial charge on any atom is -0.447 e. The van der Waals surface area contributed by atoms with Crippen LogP contribution in [0.3, 0.4) is 0 Å². The van der Waals surface area contributed by atoms with Crippen molar-refractivity contribution in [3.05, 3.63) is 35.4 Å². The minimum absolute atomic E-state index is 0.0329. The summed E-state index contributed by atoms with van der Waals surface area (Å²) in [7, 11) is -3.58. The molecule has 2 N–H and O–H groups in total. The number of hydrogen-bond acceptors (Lipinski definition) is 8. The third kappa shape index (κ3) is 4.46. The van der Waals surface area contributed by atoms with Gasteiger partial charge in [0.25, 0.3) is 10.0 Å². The predicted molar refractivity (Wildman–Crippen MR) is 113 cm³/mol. The van der Waals surface area contributed by atoms with Gasteiger partial charge in [-0.3, -0.25) is 4.79 Å². The first-order valence-electron chi connectivity index (χ1n) is 9.42. The summed E-state index contributed by atoms with van der Waals surface area (Å²) >= 11 is 2.90. The second kappa shape index (κ2) is 8.92. The van der Waals surface area contributed by atoms with Crippen LogP contribution in [-0.2, 0) is 27.1 Å². The lowest BCUT2D eigenvalue weighted by Crippen LogP contribution is -2.27. The molecule has 0 saturated carbocycles. The fourth-order valence-corrected chi connectivity index (χ4v) is 6.19. The molecule has 3 aromatic heterocycles. The molecule has 1 fully saturated rings. The molecule has 0 aliphatic carbocycles. The molecule has 0 radical (unpaired) electrons. The molecule has 1 amide bonds. The van der Waals surface area contributed by atoms with Gasteiger partial charge in [0.2, 0.25) is 11.0 Å². The highest BCUT2D eigenvalue weighted by atomic mass is 32.2. The highest BCUT2D eigenvalue weighted by molar-refractivity contribution is 7.98. The third-order valence-electron chi connectivity index (χ3n) is 4.68. The second-order valence-corrected chi connectivity index (χ2v) is 10.5. The summed E-state index contributed by atoms with van der Waals surface area (Å²) in [5.41, 5.74) is 5.31. The van der Waals surface area contributed by atoms with Crippen LogP contribution in [0.5, 0.6) is 0 Å². The maximum absolute atomic E-state index is 12.6. The molecular formula is C18H21N5O4S3. The largest absolute Gasteiger partial charge is 0.447 e. The molecule has 4 rings (SSSR count). The molecule has 0 atom stereocenters. The van der Waals surface area contributed by atoms with Gasteiger partial charge in [-0.1, -0.05) is 17.8 Å². The van der Waals surface area contributed by atoms with E-state index in [-0.39, 0.29) is 11.5 Å². The fraction of sp³-hybridized carbons (Fsp3) is 0.389. The number of nitrogens with two attached hydrogens (primary N) is 1. The van der Waals surface area contributed by atoms with Crippen molar-refractivity contribution in [3.8, 4) is 10.7 Å². The molecule has 0 spiro atoms. The number of thioether (sulfide) groups is 1. The number of aromatic nitrogens is 3. The number of sulfonamides is 1. The Bertz CT molecular complexity index is 1110. The Morgan fingerprint density at radius 3 is 2.73 bits per heavy atom. The van der Waals surface area contributed by atoms with Crippen molar-refractivity contribution in [2.45, 2.75) is 41.8 Å². The lowest BCUT2D eigenvalue weighted by Gasteiger charge is -2.12. The average molecular weight is 468 g/mol. The van der Waals surface area contributed by atoms with Gasteiger partial charge in [0.05, 0.1) is 10.6 Å². The molecule has 4 heterocycles. The van der Waals surface area contributed by atoms with E-state index < -0.39 is 15.9 Å². The van der Waals surface area contributed by atoms with Crippen LogP contribution in [0.2, 0.25) is 0 Å². The molecular weight excluding hydrogens is 446 g/mol. The summed E-state index contributed by atoms with van der Waals surface area (Å²) < 4.78 is 34.2. The Morgan fingerprint density at radius 1 is 1.23 bits per heavy atom. The molecule has 1 saturated heterocycles. The number of amides is 1. The number of nitrogens with zero attached hydrogens (tertiary/aromatic N) is 4. The Kier molecular flexibility index (Phi) is 6.27. The molecule has 3 aromatic rings. The summed E-state index contributed by atoms with van der Waals surface area (Å²) in [4.78, 5) is 12.2. The van der Waals surface area contributed by atoms with Gasteiger partial charge < -0.3 is 14.7 Å². The molecule has 9 nitrogen and oxygen atoms in total. The number of hydrogen-bond donors (Lipinski definition) is 1. The SMILES string of the molecule is NC(=O)CCn1c(SCc2ccc(S(=O)(=O)N3CCCC3)o2)nnc1-c1cccs1. The van der Waals surface area contributed by atoms with Crippen molar-refractivity contribution in [1.82, 2.24) is 19.1 Å². The van der Waals surface area contributed by atoms with E-state index in [2.05, 4.69) is 10.2 Å². The lowest BCUT2D eigenvalue weighted by atomic mass is 10.4. The Hall–Kier alpha value is -2.15. The fourth-order valence-electron chi connectivity index (χ4n) is 3.17. The standard InChI is InChI=1S/C18H21N5O4S3/c19-15(24)7-10-23-17(14-4-3-11-28-14)20-21-18(23)29-12-13-5-6-16(27-13)30(25,26)22-8-1-2-9-22/h3-6,11H,1-2,7-10,12H2,(H2,19,24). The monoisotopic (exact) mass is 467 g/mol. The van der Waals surface area contributed by atoms with Crippen LogP contribution < -0.4 is 5.73 Å². The average Bonchev–Trinajstić information content (AvgIpc) is 3.51.